The molecule has 1 fully saturated rings. The summed E-state index contributed by atoms with van der Waals surface area (Å²) in [5, 5.41) is 4.42. The van der Waals surface area contributed by atoms with Crippen LogP contribution in [-0.4, -0.2) is 47.6 Å². The first-order valence-electron chi connectivity index (χ1n) is 9.05. The van der Waals surface area contributed by atoms with Crippen molar-refractivity contribution in [3.8, 4) is 0 Å². The first-order chi connectivity index (χ1) is 13.6. The first-order valence-corrected chi connectivity index (χ1v) is 9.80. The van der Waals surface area contributed by atoms with E-state index in [2.05, 4.69) is 10.3 Å². The summed E-state index contributed by atoms with van der Waals surface area (Å²) in [6.07, 6.45) is -2.80. The molecule has 1 aromatic rings. The molecule has 0 saturated carbocycles. The summed E-state index contributed by atoms with van der Waals surface area (Å²) in [5.41, 5.74) is -0.382. The minimum absolute atomic E-state index is 0.0391. The number of nitrogens with zero attached hydrogens (tertiary/aromatic N) is 3. The zero-order valence-electron chi connectivity index (χ0n) is 15.4. The van der Waals surface area contributed by atoms with Gasteiger partial charge in [0.05, 0.1) is 27.9 Å². The van der Waals surface area contributed by atoms with Crippen LogP contribution in [0.3, 0.4) is 0 Å². The molecule has 158 valence electrons. The monoisotopic (exact) mass is 449 g/mol. The van der Waals surface area contributed by atoms with Gasteiger partial charge >= 0.3 is 6.18 Å². The van der Waals surface area contributed by atoms with Crippen LogP contribution in [0, 0.1) is 0 Å². The molecule has 3 N–H and O–H groups in total. The van der Waals surface area contributed by atoms with Crippen molar-refractivity contribution < 1.29 is 18.0 Å². The van der Waals surface area contributed by atoms with E-state index >= 15 is 0 Å². The Morgan fingerprint density at radius 3 is 2.62 bits per heavy atom. The number of alkyl halides is 3. The van der Waals surface area contributed by atoms with Crippen LogP contribution in [0.5, 0.6) is 0 Å². The molecule has 0 aliphatic carbocycles. The molecule has 2 aliphatic rings. The fourth-order valence-electron chi connectivity index (χ4n) is 3.24. The number of rotatable bonds is 5. The number of halogens is 5. The minimum Gasteiger partial charge on any atom is -0.343 e. The van der Waals surface area contributed by atoms with Crippen molar-refractivity contribution >= 4 is 40.8 Å². The number of carbonyl (C=O) groups excluding carboxylic acids is 1. The fraction of sp³-hybridized carbons (Fsp3) is 0.444. The topological polar surface area (TPSA) is 74.0 Å². The van der Waals surface area contributed by atoms with E-state index in [1.165, 1.54) is 6.07 Å². The van der Waals surface area contributed by atoms with E-state index in [1.807, 2.05) is 0 Å². The van der Waals surface area contributed by atoms with Crippen LogP contribution < -0.4 is 11.2 Å². The molecule has 0 aromatic heterocycles. The van der Waals surface area contributed by atoms with Gasteiger partial charge in [0.25, 0.3) is 0 Å². The third-order valence-electron chi connectivity index (χ3n) is 4.72. The second-order valence-corrected chi connectivity index (χ2v) is 7.64. The highest BCUT2D eigenvalue weighted by molar-refractivity contribution is 6.42. The Hall–Kier alpha value is -1.97. The van der Waals surface area contributed by atoms with Gasteiger partial charge < -0.3 is 10.2 Å². The lowest BCUT2D eigenvalue weighted by Crippen LogP contribution is -2.47. The summed E-state index contributed by atoms with van der Waals surface area (Å²) in [5.74, 6) is 5.90. The molecule has 0 atom stereocenters. The van der Waals surface area contributed by atoms with Gasteiger partial charge in [-0.3, -0.25) is 9.80 Å². The molecule has 0 unspecified atom stereocenters. The van der Waals surface area contributed by atoms with Crippen LogP contribution in [0.15, 0.2) is 34.5 Å². The van der Waals surface area contributed by atoms with Crippen molar-refractivity contribution in [3.05, 3.63) is 39.5 Å². The van der Waals surface area contributed by atoms with Crippen LogP contribution in [-0.2, 0) is 4.79 Å². The molecule has 3 rings (SSSR count). The second-order valence-electron chi connectivity index (χ2n) is 6.83. The molecule has 29 heavy (non-hydrogen) atoms. The van der Waals surface area contributed by atoms with E-state index in [9.17, 15) is 18.0 Å². The number of hydrogen-bond acceptors (Lipinski definition) is 5. The Labute approximate surface area is 176 Å². The standard InChI is InChI=1S/C18H20Cl2F3N5O/c19-13-6-5-11(9-14(13)20)25-17-26-15(12(10-28(17)24)18(21,22)23)3-1-7-27-8-2-4-16(27)29/h5-6,9H,1-4,7-8,10,24H2,(H,25,26). The van der Waals surface area contributed by atoms with Gasteiger partial charge in [0.1, 0.15) is 0 Å². The molecule has 0 radical (unpaired) electrons. The maximum Gasteiger partial charge on any atom is 0.416 e. The van der Waals surface area contributed by atoms with Gasteiger partial charge in [-0.2, -0.15) is 13.2 Å². The lowest BCUT2D eigenvalue weighted by molar-refractivity contribution is -0.127. The molecule has 2 aliphatic heterocycles. The van der Waals surface area contributed by atoms with E-state index in [1.54, 1.807) is 17.0 Å². The summed E-state index contributed by atoms with van der Waals surface area (Å²) in [6.45, 7) is 0.521. The highest BCUT2D eigenvalue weighted by Gasteiger charge is 2.39. The molecule has 1 amide bonds. The molecule has 2 heterocycles. The van der Waals surface area contributed by atoms with E-state index in [0.29, 0.717) is 41.7 Å². The number of allylic oxidation sites excluding steroid dienone is 1. The number of aliphatic imine (C=N–C) groups is 1. The minimum atomic E-state index is -4.55. The Morgan fingerprint density at radius 1 is 1.24 bits per heavy atom. The number of nitrogens with one attached hydrogen (secondary N) is 1. The number of amides is 1. The molecule has 1 aromatic carbocycles. The van der Waals surface area contributed by atoms with Crippen molar-refractivity contribution in [2.75, 3.05) is 25.0 Å². The number of likely N-dealkylation sites (tertiary alicyclic amines) is 1. The van der Waals surface area contributed by atoms with Crippen LogP contribution in [0.2, 0.25) is 10.0 Å². The van der Waals surface area contributed by atoms with Gasteiger partial charge in [0.2, 0.25) is 11.9 Å². The lowest BCUT2D eigenvalue weighted by Gasteiger charge is -2.29. The predicted octanol–water partition coefficient (Wildman–Crippen LogP) is 4.17. The van der Waals surface area contributed by atoms with E-state index in [0.717, 1.165) is 11.4 Å². The Morgan fingerprint density at radius 2 is 2.00 bits per heavy atom. The average molecular weight is 450 g/mol. The van der Waals surface area contributed by atoms with Crippen molar-refractivity contribution in [2.24, 2.45) is 10.8 Å². The van der Waals surface area contributed by atoms with Crippen LogP contribution in [0.1, 0.15) is 25.7 Å². The quantitative estimate of drug-likeness (QED) is 0.661. The third-order valence-corrected chi connectivity index (χ3v) is 5.46. The number of carbonyl (C=O) groups is 1. The lowest BCUT2D eigenvalue weighted by atomic mass is 10.1. The molecule has 11 heteroatoms. The number of nitrogens with two attached hydrogens (primary N) is 1. The van der Waals surface area contributed by atoms with Gasteiger partial charge in [-0.25, -0.2) is 10.8 Å². The maximum absolute atomic E-state index is 13.5. The molecule has 0 bridgehead atoms. The third kappa shape index (κ3) is 5.34. The molecular formula is C18H20Cl2F3N5O. The van der Waals surface area contributed by atoms with Crippen molar-refractivity contribution in [3.63, 3.8) is 0 Å². The van der Waals surface area contributed by atoms with E-state index < -0.39 is 18.3 Å². The molecular weight excluding hydrogens is 430 g/mol. The average Bonchev–Trinajstić information content (AvgIpc) is 3.04. The van der Waals surface area contributed by atoms with Gasteiger partial charge in [0, 0.05) is 25.2 Å². The number of anilines is 1. The summed E-state index contributed by atoms with van der Waals surface area (Å²) >= 11 is 11.9. The summed E-state index contributed by atoms with van der Waals surface area (Å²) in [6, 6.07) is 4.70. The zero-order valence-corrected chi connectivity index (χ0v) is 16.9. The number of guanidine groups is 1. The molecule has 0 spiro atoms. The van der Waals surface area contributed by atoms with Gasteiger partial charge in [-0.1, -0.05) is 23.2 Å². The maximum atomic E-state index is 13.5. The number of benzene rings is 1. The normalized spacial score (nSPS) is 17.9. The Balaban J connectivity index is 1.78. The number of hydrogen-bond donors (Lipinski definition) is 2. The molecule has 1 saturated heterocycles. The van der Waals surface area contributed by atoms with Crippen LogP contribution in [0.25, 0.3) is 0 Å². The smallest absolute Gasteiger partial charge is 0.343 e. The van der Waals surface area contributed by atoms with Gasteiger partial charge in [0.15, 0.2) is 0 Å². The van der Waals surface area contributed by atoms with E-state index in [4.69, 9.17) is 29.0 Å². The predicted molar refractivity (Wildman–Crippen MR) is 107 cm³/mol. The Kier molecular flexibility index (Phi) is 6.60. The van der Waals surface area contributed by atoms with E-state index in [-0.39, 0.29) is 24.0 Å². The fourth-order valence-corrected chi connectivity index (χ4v) is 3.53. The first kappa shape index (κ1) is 21.7. The van der Waals surface area contributed by atoms with Gasteiger partial charge in [-0.05, 0) is 37.5 Å². The molecule has 6 nitrogen and oxygen atoms in total. The second kappa shape index (κ2) is 8.81. The summed E-state index contributed by atoms with van der Waals surface area (Å²) < 4.78 is 40.4. The summed E-state index contributed by atoms with van der Waals surface area (Å²) in [4.78, 5) is 17.5. The number of hydrazine groups is 1. The van der Waals surface area contributed by atoms with Crippen LogP contribution in [0.4, 0.5) is 18.9 Å². The SMILES string of the molecule is NN1CC(C(F)(F)F)=C(CCCN2CCCC2=O)N=C1Nc1ccc(Cl)c(Cl)c1. The van der Waals surface area contributed by atoms with Crippen molar-refractivity contribution in [2.45, 2.75) is 31.9 Å². The van der Waals surface area contributed by atoms with Gasteiger partial charge in [-0.15, -0.1) is 0 Å². The Bertz CT molecular complexity index is 856. The van der Waals surface area contributed by atoms with Crippen molar-refractivity contribution in [1.82, 2.24) is 9.91 Å². The van der Waals surface area contributed by atoms with Crippen molar-refractivity contribution in [1.29, 1.82) is 0 Å². The van der Waals surface area contributed by atoms with Crippen LogP contribution >= 0.6 is 23.2 Å². The summed E-state index contributed by atoms with van der Waals surface area (Å²) in [7, 11) is 0. The largest absolute Gasteiger partial charge is 0.416 e. The highest BCUT2D eigenvalue weighted by Crippen LogP contribution is 2.33. The zero-order chi connectivity index (χ0) is 21.2. The highest BCUT2D eigenvalue weighted by atomic mass is 35.5.